The van der Waals surface area contributed by atoms with Crippen LogP contribution in [-0.2, 0) is 16.4 Å². The fourth-order valence-corrected chi connectivity index (χ4v) is 5.25. The van der Waals surface area contributed by atoms with Crippen LogP contribution in [0.4, 0.5) is 0 Å². The number of benzene rings is 2. The van der Waals surface area contributed by atoms with Crippen molar-refractivity contribution in [3.63, 3.8) is 0 Å². The molecule has 156 valence electrons. The number of nitrogens with two attached hydrogens (primary N) is 1. The quantitative estimate of drug-likeness (QED) is 0.552. The van der Waals surface area contributed by atoms with Crippen LogP contribution < -0.4 is 5.73 Å². The molecule has 1 aromatic heterocycles. The van der Waals surface area contributed by atoms with Crippen molar-refractivity contribution in [1.29, 1.82) is 0 Å². The Morgan fingerprint density at radius 2 is 1.63 bits per heavy atom. The van der Waals surface area contributed by atoms with E-state index in [0.717, 1.165) is 10.0 Å². The Kier molecular flexibility index (Phi) is 6.14. The highest BCUT2D eigenvalue weighted by atomic mass is 79.9. The molecule has 0 fully saturated rings. The molecule has 3 N–H and O–H groups in total. The summed E-state index contributed by atoms with van der Waals surface area (Å²) in [5, 5.41) is 0. The molecule has 0 saturated carbocycles. The maximum Gasteiger partial charge on any atom is 0.270 e. The van der Waals surface area contributed by atoms with Gasteiger partial charge in [-0.25, -0.2) is 8.42 Å². The highest BCUT2D eigenvalue weighted by Gasteiger charge is 2.32. The predicted octanol–water partition coefficient (Wildman–Crippen LogP) is 3.29. The van der Waals surface area contributed by atoms with Gasteiger partial charge in [0.2, 0.25) is 9.84 Å². The number of halogens is 1. The molecule has 0 unspecified atom stereocenters. The third kappa shape index (κ3) is 4.03. The molecular formula is C21H20BrN3O4S. The summed E-state index contributed by atoms with van der Waals surface area (Å²) < 4.78 is 27.2. The number of aromatic nitrogens is 1. The van der Waals surface area contributed by atoms with Crippen LogP contribution in [0.1, 0.15) is 32.1 Å². The lowest BCUT2D eigenvalue weighted by atomic mass is 10.2. The van der Waals surface area contributed by atoms with Crippen LogP contribution >= 0.6 is 15.9 Å². The number of amides is 2. The van der Waals surface area contributed by atoms with E-state index >= 15 is 0 Å². The van der Waals surface area contributed by atoms with E-state index in [2.05, 4.69) is 20.9 Å². The van der Waals surface area contributed by atoms with Crippen molar-refractivity contribution < 1.29 is 18.0 Å². The maximum absolute atomic E-state index is 13.2. The average Bonchev–Trinajstić information content (AvgIpc) is 3.08. The van der Waals surface area contributed by atoms with E-state index in [9.17, 15) is 18.0 Å². The zero-order valence-electron chi connectivity index (χ0n) is 16.3. The molecule has 3 aromatic rings. The van der Waals surface area contributed by atoms with Crippen LogP contribution in [-0.4, -0.2) is 37.2 Å². The van der Waals surface area contributed by atoms with Gasteiger partial charge in [0.05, 0.1) is 4.90 Å². The van der Waals surface area contributed by atoms with Crippen LogP contribution in [0.2, 0.25) is 0 Å². The van der Waals surface area contributed by atoms with Gasteiger partial charge in [0, 0.05) is 18.1 Å². The molecule has 0 spiro atoms. The van der Waals surface area contributed by atoms with Crippen LogP contribution in [0.25, 0.3) is 0 Å². The molecule has 3 rings (SSSR count). The molecule has 0 radical (unpaired) electrons. The predicted molar refractivity (Wildman–Crippen MR) is 116 cm³/mol. The Morgan fingerprint density at radius 1 is 1.03 bits per heavy atom. The molecule has 30 heavy (non-hydrogen) atoms. The van der Waals surface area contributed by atoms with Crippen molar-refractivity contribution in [2.45, 2.75) is 23.3 Å². The first-order chi connectivity index (χ1) is 14.1. The Hall–Kier alpha value is -2.91. The van der Waals surface area contributed by atoms with Crippen molar-refractivity contribution >= 4 is 37.6 Å². The molecule has 0 aliphatic heterocycles. The summed E-state index contributed by atoms with van der Waals surface area (Å²) in [5.74, 6) is -1.42. The number of primary amides is 1. The highest BCUT2D eigenvalue weighted by molar-refractivity contribution is 9.10. The van der Waals surface area contributed by atoms with Crippen LogP contribution in [0.15, 0.2) is 68.9 Å². The number of nitrogens with zero attached hydrogens (tertiary/aromatic N) is 1. The van der Waals surface area contributed by atoms with E-state index in [1.54, 1.807) is 25.2 Å². The van der Waals surface area contributed by atoms with Gasteiger partial charge in [-0.2, -0.15) is 0 Å². The minimum Gasteiger partial charge on any atom is -0.364 e. The lowest BCUT2D eigenvalue weighted by Crippen LogP contribution is -2.27. The molecular weight excluding hydrogens is 470 g/mol. The number of carbonyl (C=O) groups is 2. The van der Waals surface area contributed by atoms with Gasteiger partial charge in [0.25, 0.3) is 11.8 Å². The minimum atomic E-state index is -4.06. The van der Waals surface area contributed by atoms with Crippen LogP contribution in [0.3, 0.4) is 0 Å². The van der Waals surface area contributed by atoms with Gasteiger partial charge in [-0.1, -0.05) is 52.3 Å². The van der Waals surface area contributed by atoms with Crippen LogP contribution in [0.5, 0.6) is 0 Å². The van der Waals surface area contributed by atoms with Gasteiger partial charge in [-0.3, -0.25) is 9.59 Å². The lowest BCUT2D eigenvalue weighted by Gasteiger charge is -2.18. The fourth-order valence-electron chi connectivity index (χ4n) is 3.16. The number of aromatic amines is 1. The van der Waals surface area contributed by atoms with Gasteiger partial charge in [-0.05, 0) is 36.2 Å². The van der Waals surface area contributed by atoms with E-state index in [4.69, 9.17) is 5.73 Å². The molecule has 1 heterocycles. The number of hydrogen-bond acceptors (Lipinski definition) is 4. The zero-order chi connectivity index (χ0) is 22.1. The first-order valence-corrected chi connectivity index (χ1v) is 11.2. The molecule has 7 nitrogen and oxygen atoms in total. The summed E-state index contributed by atoms with van der Waals surface area (Å²) in [6.45, 7) is 1.77. The smallest absolute Gasteiger partial charge is 0.270 e. The molecule has 0 aliphatic carbocycles. The second kappa shape index (κ2) is 8.45. The van der Waals surface area contributed by atoms with E-state index in [1.165, 1.54) is 24.0 Å². The summed E-state index contributed by atoms with van der Waals surface area (Å²) in [4.78, 5) is 28.9. The number of H-pyrrole nitrogens is 1. The van der Waals surface area contributed by atoms with E-state index in [-0.39, 0.29) is 33.3 Å². The first-order valence-electron chi connectivity index (χ1n) is 8.96. The molecule has 0 saturated heterocycles. The van der Waals surface area contributed by atoms with Crippen molar-refractivity contribution in [3.8, 4) is 0 Å². The number of sulfone groups is 1. The number of hydrogen-bond donors (Lipinski definition) is 2. The molecule has 0 bridgehead atoms. The van der Waals surface area contributed by atoms with Gasteiger partial charge < -0.3 is 15.6 Å². The molecule has 9 heteroatoms. The monoisotopic (exact) mass is 489 g/mol. The summed E-state index contributed by atoms with van der Waals surface area (Å²) in [7, 11) is -2.47. The largest absolute Gasteiger partial charge is 0.364 e. The summed E-state index contributed by atoms with van der Waals surface area (Å²) in [6.07, 6.45) is 0. The van der Waals surface area contributed by atoms with Crippen molar-refractivity contribution in [3.05, 3.63) is 81.6 Å². The topological polar surface area (TPSA) is 113 Å². The number of rotatable bonds is 6. The Balaban J connectivity index is 2.05. The van der Waals surface area contributed by atoms with Gasteiger partial charge >= 0.3 is 0 Å². The molecule has 2 amide bonds. The summed E-state index contributed by atoms with van der Waals surface area (Å²) >= 11 is 3.45. The normalized spacial score (nSPS) is 11.3. The molecule has 2 aromatic carbocycles. The molecule has 0 aliphatic rings. The second-order valence-electron chi connectivity index (χ2n) is 6.76. The molecule has 0 atom stereocenters. The SMILES string of the molecule is Cc1c(C(=O)N(C)Cc2ccccc2Br)[nH]c(C(N)=O)c1S(=O)(=O)c1ccccc1. The third-order valence-electron chi connectivity index (χ3n) is 4.69. The third-order valence-corrected chi connectivity index (χ3v) is 7.40. The summed E-state index contributed by atoms with van der Waals surface area (Å²) in [6, 6.07) is 15.1. The van der Waals surface area contributed by atoms with E-state index in [0.29, 0.717) is 0 Å². The maximum atomic E-state index is 13.2. The first kappa shape index (κ1) is 21.8. The van der Waals surface area contributed by atoms with Crippen molar-refractivity contribution in [2.24, 2.45) is 5.73 Å². The standard InChI is InChI=1S/C21H20BrN3O4S/c1-13-17(21(27)25(2)12-14-8-6-7-11-16(14)22)24-18(20(23)26)19(13)30(28,29)15-9-4-3-5-10-15/h3-11,24H,12H2,1-2H3,(H2,23,26). The highest BCUT2D eigenvalue weighted by Crippen LogP contribution is 2.30. The number of carbonyl (C=O) groups excluding carboxylic acids is 2. The lowest BCUT2D eigenvalue weighted by molar-refractivity contribution is 0.0779. The minimum absolute atomic E-state index is 0.00728. The Bertz CT molecular complexity index is 1220. The van der Waals surface area contributed by atoms with Crippen molar-refractivity contribution in [2.75, 3.05) is 7.05 Å². The van der Waals surface area contributed by atoms with Gasteiger partial charge in [0.1, 0.15) is 16.3 Å². The van der Waals surface area contributed by atoms with Crippen LogP contribution in [0, 0.1) is 6.92 Å². The number of nitrogens with one attached hydrogen (secondary N) is 1. The summed E-state index contributed by atoms with van der Waals surface area (Å²) in [5.41, 5.74) is 6.15. The van der Waals surface area contributed by atoms with E-state index < -0.39 is 21.7 Å². The fraction of sp³-hybridized carbons (Fsp3) is 0.143. The second-order valence-corrected chi connectivity index (χ2v) is 9.50. The van der Waals surface area contributed by atoms with Gasteiger partial charge in [0.15, 0.2) is 0 Å². The van der Waals surface area contributed by atoms with Gasteiger partial charge in [-0.15, -0.1) is 0 Å². The van der Waals surface area contributed by atoms with Crippen molar-refractivity contribution in [1.82, 2.24) is 9.88 Å². The Morgan fingerprint density at radius 3 is 2.23 bits per heavy atom. The van der Waals surface area contributed by atoms with E-state index in [1.807, 2.05) is 24.3 Å². The average molecular weight is 490 g/mol. The zero-order valence-corrected chi connectivity index (χ0v) is 18.7. The Labute approximate surface area is 182 Å².